The molecule has 0 aromatic heterocycles. The number of fused-ring (bicyclic) bond motifs is 1. The SMILES string of the molecule is CC[C@H]1CCCCN1C(=O)COC(=O)CNC(=O)c1ccc2c(c1)OCO2. The van der Waals surface area contributed by atoms with E-state index in [9.17, 15) is 14.4 Å². The third kappa shape index (κ3) is 4.69. The van der Waals surface area contributed by atoms with Gasteiger partial charge in [0.2, 0.25) is 6.79 Å². The summed E-state index contributed by atoms with van der Waals surface area (Å²) in [4.78, 5) is 38.0. The molecule has 2 aliphatic heterocycles. The van der Waals surface area contributed by atoms with E-state index in [2.05, 4.69) is 5.32 Å². The molecule has 2 aliphatic rings. The fraction of sp³-hybridized carbons (Fsp3) is 0.526. The molecule has 146 valence electrons. The maximum atomic E-state index is 12.3. The van der Waals surface area contributed by atoms with Gasteiger partial charge in [-0.2, -0.15) is 0 Å². The molecule has 0 saturated carbocycles. The first-order chi connectivity index (χ1) is 13.1. The molecule has 1 aromatic carbocycles. The lowest BCUT2D eigenvalue weighted by Gasteiger charge is -2.35. The van der Waals surface area contributed by atoms with Crippen LogP contribution >= 0.6 is 0 Å². The van der Waals surface area contributed by atoms with Gasteiger partial charge in [0.15, 0.2) is 18.1 Å². The Morgan fingerprint density at radius 2 is 2.04 bits per heavy atom. The van der Waals surface area contributed by atoms with Crippen molar-refractivity contribution in [3.63, 3.8) is 0 Å². The minimum atomic E-state index is -0.650. The first kappa shape index (κ1) is 19.0. The van der Waals surface area contributed by atoms with E-state index in [0.29, 0.717) is 23.6 Å². The second-order valence-electron chi connectivity index (χ2n) is 6.56. The van der Waals surface area contributed by atoms with Crippen molar-refractivity contribution in [3.8, 4) is 11.5 Å². The number of likely N-dealkylation sites (tertiary alicyclic amines) is 1. The minimum Gasteiger partial charge on any atom is -0.454 e. The highest BCUT2D eigenvalue weighted by Gasteiger charge is 2.26. The minimum absolute atomic E-state index is 0.122. The summed E-state index contributed by atoms with van der Waals surface area (Å²) in [6.07, 6.45) is 3.97. The van der Waals surface area contributed by atoms with Crippen LogP contribution < -0.4 is 14.8 Å². The summed E-state index contributed by atoms with van der Waals surface area (Å²) in [7, 11) is 0. The van der Waals surface area contributed by atoms with Crippen LogP contribution in [0.1, 0.15) is 43.0 Å². The van der Waals surface area contributed by atoms with Crippen molar-refractivity contribution >= 4 is 17.8 Å². The van der Waals surface area contributed by atoms with Crippen molar-refractivity contribution in [2.75, 3.05) is 26.5 Å². The third-order valence-corrected chi connectivity index (χ3v) is 4.80. The van der Waals surface area contributed by atoms with Gasteiger partial charge >= 0.3 is 5.97 Å². The van der Waals surface area contributed by atoms with Crippen molar-refractivity contribution in [2.24, 2.45) is 0 Å². The summed E-state index contributed by atoms with van der Waals surface area (Å²) in [5, 5.41) is 2.48. The number of rotatable bonds is 6. The number of piperidine rings is 1. The number of ether oxygens (including phenoxy) is 3. The van der Waals surface area contributed by atoms with E-state index in [1.807, 2.05) is 6.92 Å². The summed E-state index contributed by atoms with van der Waals surface area (Å²) in [6.45, 7) is 2.27. The molecule has 1 N–H and O–H groups in total. The molecule has 1 saturated heterocycles. The quantitative estimate of drug-likeness (QED) is 0.756. The lowest BCUT2D eigenvalue weighted by atomic mass is 10.00. The van der Waals surface area contributed by atoms with Gasteiger partial charge in [-0.05, 0) is 43.9 Å². The van der Waals surface area contributed by atoms with Crippen LogP contribution in [0.15, 0.2) is 18.2 Å². The van der Waals surface area contributed by atoms with E-state index in [4.69, 9.17) is 14.2 Å². The van der Waals surface area contributed by atoms with Crippen molar-refractivity contribution in [1.29, 1.82) is 0 Å². The Bertz CT molecular complexity index is 720. The van der Waals surface area contributed by atoms with Gasteiger partial charge in [-0.3, -0.25) is 14.4 Å². The molecule has 3 rings (SSSR count). The summed E-state index contributed by atoms with van der Waals surface area (Å²) in [5.41, 5.74) is 0.349. The number of amides is 2. The lowest BCUT2D eigenvalue weighted by molar-refractivity contribution is -0.152. The highest BCUT2D eigenvalue weighted by molar-refractivity contribution is 5.96. The molecule has 2 amide bonds. The zero-order valence-electron chi connectivity index (χ0n) is 15.4. The molecule has 0 radical (unpaired) electrons. The molecular formula is C19H24N2O6. The topological polar surface area (TPSA) is 94.2 Å². The average Bonchev–Trinajstić information content (AvgIpc) is 3.17. The van der Waals surface area contributed by atoms with Crippen molar-refractivity contribution in [3.05, 3.63) is 23.8 Å². The van der Waals surface area contributed by atoms with Gasteiger partial charge in [-0.1, -0.05) is 6.92 Å². The van der Waals surface area contributed by atoms with E-state index in [1.54, 1.807) is 23.1 Å². The van der Waals surface area contributed by atoms with Crippen molar-refractivity contribution < 1.29 is 28.6 Å². The standard InChI is InChI=1S/C19H24N2O6/c1-2-14-5-3-4-8-21(14)17(22)11-25-18(23)10-20-19(24)13-6-7-15-16(9-13)27-12-26-15/h6-7,9,14H,2-5,8,10-12H2,1H3,(H,20,24)/t14-/m0/s1. The molecular weight excluding hydrogens is 352 g/mol. The molecule has 2 heterocycles. The largest absolute Gasteiger partial charge is 0.454 e. The first-order valence-electron chi connectivity index (χ1n) is 9.21. The molecule has 0 bridgehead atoms. The molecule has 1 aromatic rings. The summed E-state index contributed by atoms with van der Waals surface area (Å²) in [6, 6.07) is 4.99. The van der Waals surface area contributed by atoms with Gasteiger partial charge in [0, 0.05) is 18.2 Å². The van der Waals surface area contributed by atoms with Gasteiger partial charge in [0.25, 0.3) is 11.8 Å². The Labute approximate surface area is 157 Å². The van der Waals surface area contributed by atoms with Crippen LogP contribution in [0.2, 0.25) is 0 Å². The number of nitrogens with zero attached hydrogens (tertiary/aromatic N) is 1. The van der Waals surface area contributed by atoms with Crippen molar-refractivity contribution in [2.45, 2.75) is 38.6 Å². The predicted octanol–water partition coefficient (Wildman–Crippen LogP) is 1.48. The second kappa shape index (κ2) is 8.75. The Kier molecular flexibility index (Phi) is 6.16. The molecule has 0 unspecified atom stereocenters. The number of benzene rings is 1. The zero-order valence-corrected chi connectivity index (χ0v) is 15.4. The maximum absolute atomic E-state index is 12.3. The predicted molar refractivity (Wildman–Crippen MR) is 95.5 cm³/mol. The van der Waals surface area contributed by atoms with Crippen LogP contribution in [0.5, 0.6) is 11.5 Å². The van der Waals surface area contributed by atoms with Gasteiger partial charge < -0.3 is 24.4 Å². The van der Waals surface area contributed by atoms with E-state index < -0.39 is 11.9 Å². The second-order valence-corrected chi connectivity index (χ2v) is 6.56. The first-order valence-corrected chi connectivity index (χ1v) is 9.21. The maximum Gasteiger partial charge on any atom is 0.325 e. The molecule has 0 aliphatic carbocycles. The van der Waals surface area contributed by atoms with E-state index in [-0.39, 0.29) is 31.9 Å². The van der Waals surface area contributed by atoms with Crippen LogP contribution in [0.4, 0.5) is 0 Å². The Morgan fingerprint density at radius 1 is 1.22 bits per heavy atom. The van der Waals surface area contributed by atoms with Crippen LogP contribution in [-0.4, -0.2) is 55.2 Å². The monoisotopic (exact) mass is 376 g/mol. The highest BCUT2D eigenvalue weighted by Crippen LogP contribution is 2.32. The Hall–Kier alpha value is -2.77. The normalized spacial score (nSPS) is 18.1. The number of nitrogens with one attached hydrogen (secondary N) is 1. The molecule has 1 fully saturated rings. The molecule has 8 nitrogen and oxygen atoms in total. The number of carbonyl (C=O) groups excluding carboxylic acids is 3. The smallest absolute Gasteiger partial charge is 0.325 e. The Balaban J connectivity index is 1.42. The fourth-order valence-corrected chi connectivity index (χ4v) is 3.32. The third-order valence-electron chi connectivity index (χ3n) is 4.80. The summed E-state index contributed by atoms with van der Waals surface area (Å²) >= 11 is 0. The van der Waals surface area contributed by atoms with Crippen LogP contribution in [0.3, 0.4) is 0 Å². The fourth-order valence-electron chi connectivity index (χ4n) is 3.32. The zero-order chi connectivity index (χ0) is 19.2. The average molecular weight is 376 g/mol. The van der Waals surface area contributed by atoms with Crippen LogP contribution in [0, 0.1) is 0 Å². The van der Waals surface area contributed by atoms with Gasteiger partial charge in [-0.15, -0.1) is 0 Å². The van der Waals surface area contributed by atoms with Gasteiger partial charge in [0.05, 0.1) is 0 Å². The Morgan fingerprint density at radius 3 is 2.85 bits per heavy atom. The summed E-state index contributed by atoms with van der Waals surface area (Å²) in [5.74, 6) is -0.200. The number of hydrogen-bond acceptors (Lipinski definition) is 6. The molecule has 8 heteroatoms. The molecule has 0 spiro atoms. The van der Waals surface area contributed by atoms with E-state index in [0.717, 1.165) is 25.7 Å². The summed E-state index contributed by atoms with van der Waals surface area (Å²) < 4.78 is 15.4. The van der Waals surface area contributed by atoms with Crippen molar-refractivity contribution in [1.82, 2.24) is 10.2 Å². The number of hydrogen-bond donors (Lipinski definition) is 1. The number of esters is 1. The highest BCUT2D eigenvalue weighted by atomic mass is 16.7. The van der Waals surface area contributed by atoms with Crippen LogP contribution in [0.25, 0.3) is 0 Å². The van der Waals surface area contributed by atoms with E-state index >= 15 is 0 Å². The molecule has 27 heavy (non-hydrogen) atoms. The van der Waals surface area contributed by atoms with Gasteiger partial charge in [0.1, 0.15) is 6.54 Å². The number of carbonyl (C=O) groups is 3. The van der Waals surface area contributed by atoms with Gasteiger partial charge in [-0.25, -0.2) is 0 Å². The van der Waals surface area contributed by atoms with Crippen LogP contribution in [-0.2, 0) is 14.3 Å². The van der Waals surface area contributed by atoms with E-state index in [1.165, 1.54) is 0 Å². The molecule has 1 atom stereocenters. The lowest BCUT2D eigenvalue weighted by Crippen LogP contribution is -2.45.